The highest BCUT2D eigenvalue weighted by Crippen LogP contribution is 2.31. The molecule has 1 saturated heterocycles. The van der Waals surface area contributed by atoms with E-state index in [9.17, 15) is 9.59 Å². The summed E-state index contributed by atoms with van der Waals surface area (Å²) in [5, 5.41) is 1.51. The Bertz CT molecular complexity index is 885. The normalized spacial score (nSPS) is 20.7. The smallest absolute Gasteiger partial charge is 0.252 e. The number of rotatable bonds is 1. The van der Waals surface area contributed by atoms with E-state index < -0.39 is 5.91 Å². The van der Waals surface area contributed by atoms with Crippen LogP contribution in [0.1, 0.15) is 23.2 Å². The van der Waals surface area contributed by atoms with Crippen LogP contribution in [0, 0.1) is 0 Å². The first-order valence-electron chi connectivity index (χ1n) is 8.99. The van der Waals surface area contributed by atoms with Gasteiger partial charge in [-0.05, 0) is 30.0 Å². The van der Waals surface area contributed by atoms with Crippen molar-refractivity contribution in [3.05, 3.63) is 30.0 Å². The number of aromatic nitrogens is 1. The van der Waals surface area contributed by atoms with Gasteiger partial charge in [0.1, 0.15) is 19.0 Å². The first-order chi connectivity index (χ1) is 13.1. The number of fused-ring (bicyclic) bond motifs is 2. The Kier molecular flexibility index (Phi) is 4.81. The molecule has 2 amide bonds. The van der Waals surface area contributed by atoms with E-state index in [1.165, 1.54) is 0 Å². The zero-order valence-corrected chi connectivity index (χ0v) is 14.8. The number of primary amides is 1. The molecule has 142 valence electrons. The molecule has 2 aliphatic rings. The largest absolute Gasteiger partial charge is 0.490 e. The van der Waals surface area contributed by atoms with Crippen molar-refractivity contribution in [3.8, 4) is 11.6 Å². The monoisotopic (exact) mass is 371 g/mol. The Balaban J connectivity index is 1.72. The third-order valence-corrected chi connectivity index (χ3v) is 4.92. The first-order valence-corrected chi connectivity index (χ1v) is 8.99. The highest BCUT2D eigenvalue weighted by atomic mass is 16.5. The fourth-order valence-electron chi connectivity index (χ4n) is 3.53. The third-order valence-electron chi connectivity index (χ3n) is 4.92. The van der Waals surface area contributed by atoms with E-state index in [1.807, 2.05) is 4.90 Å². The van der Waals surface area contributed by atoms with Gasteiger partial charge in [-0.15, -0.1) is 0 Å². The molecule has 1 atom stereocenters. The number of nitrogens with two attached hydrogens (primary N) is 1. The summed E-state index contributed by atoms with van der Waals surface area (Å²) in [5.41, 5.74) is 5.81. The van der Waals surface area contributed by atoms with Gasteiger partial charge in [-0.2, -0.15) is 0 Å². The lowest BCUT2D eigenvalue weighted by atomic mass is 10.1. The van der Waals surface area contributed by atoms with Gasteiger partial charge in [0.05, 0.1) is 24.8 Å². The molecule has 0 spiro atoms. The standard InChI is InChI=1S/C19H21N3O5/c20-18(24)15-9-12-3-4-21-19-14(12)10-16(15)26-8-7-25-6-5-22-13(11-27-19)1-2-17(22)23/h3-4,9-10,13H,1-2,5-8,11H2,(H2,20,24). The zero-order valence-electron chi connectivity index (χ0n) is 14.8. The molecule has 8 nitrogen and oxygen atoms in total. The minimum atomic E-state index is -0.562. The summed E-state index contributed by atoms with van der Waals surface area (Å²) < 4.78 is 17.3. The van der Waals surface area contributed by atoms with E-state index in [4.69, 9.17) is 19.9 Å². The lowest BCUT2D eigenvalue weighted by Gasteiger charge is -2.25. The molecular weight excluding hydrogens is 350 g/mol. The maximum atomic E-state index is 12.1. The van der Waals surface area contributed by atoms with Crippen molar-refractivity contribution in [1.29, 1.82) is 0 Å². The molecule has 2 N–H and O–H groups in total. The number of pyridine rings is 1. The fourth-order valence-corrected chi connectivity index (χ4v) is 3.53. The number of benzene rings is 1. The zero-order chi connectivity index (χ0) is 18.8. The van der Waals surface area contributed by atoms with Crippen molar-refractivity contribution in [2.24, 2.45) is 5.73 Å². The number of amides is 2. The van der Waals surface area contributed by atoms with Crippen molar-refractivity contribution >= 4 is 22.6 Å². The molecule has 2 bridgehead atoms. The molecule has 1 aromatic carbocycles. The molecule has 0 aliphatic carbocycles. The summed E-state index contributed by atoms with van der Waals surface area (Å²) in [7, 11) is 0. The molecule has 27 heavy (non-hydrogen) atoms. The van der Waals surface area contributed by atoms with Crippen LogP contribution in [-0.2, 0) is 9.53 Å². The van der Waals surface area contributed by atoms with Gasteiger partial charge in [0.25, 0.3) is 5.91 Å². The van der Waals surface area contributed by atoms with Crippen molar-refractivity contribution < 1.29 is 23.8 Å². The third kappa shape index (κ3) is 3.52. The van der Waals surface area contributed by atoms with E-state index in [1.54, 1.807) is 24.4 Å². The van der Waals surface area contributed by atoms with Gasteiger partial charge < -0.3 is 24.8 Å². The van der Waals surface area contributed by atoms with Crippen molar-refractivity contribution in [2.75, 3.05) is 33.0 Å². The van der Waals surface area contributed by atoms with Crippen LogP contribution < -0.4 is 15.2 Å². The summed E-state index contributed by atoms with van der Waals surface area (Å²) in [6.45, 7) is 1.90. The van der Waals surface area contributed by atoms with Gasteiger partial charge in [0.2, 0.25) is 11.8 Å². The summed E-state index contributed by atoms with van der Waals surface area (Å²) in [4.78, 5) is 30.1. The topological polar surface area (TPSA) is 104 Å². The molecular formula is C19H21N3O5. The molecule has 4 rings (SSSR count). The Morgan fingerprint density at radius 2 is 2.11 bits per heavy atom. The van der Waals surface area contributed by atoms with Gasteiger partial charge in [-0.25, -0.2) is 4.98 Å². The number of ether oxygens (including phenoxy) is 3. The second-order valence-corrected chi connectivity index (χ2v) is 6.60. The summed E-state index contributed by atoms with van der Waals surface area (Å²) >= 11 is 0. The van der Waals surface area contributed by atoms with Gasteiger partial charge in [-0.1, -0.05) is 0 Å². The van der Waals surface area contributed by atoms with Crippen LogP contribution in [0.25, 0.3) is 10.8 Å². The SMILES string of the molecule is NC(=O)c1cc2ccnc3c2cc1OCCOCCN1C(=O)CCC1CO3. The first kappa shape index (κ1) is 17.5. The highest BCUT2D eigenvalue weighted by Gasteiger charge is 2.31. The number of nitrogens with zero attached hydrogens (tertiary/aromatic N) is 2. The van der Waals surface area contributed by atoms with Crippen LogP contribution in [0.2, 0.25) is 0 Å². The molecule has 1 aromatic heterocycles. The Morgan fingerprint density at radius 1 is 1.22 bits per heavy atom. The number of hydrogen-bond donors (Lipinski definition) is 1. The molecule has 1 fully saturated rings. The fraction of sp³-hybridized carbons (Fsp3) is 0.421. The number of carbonyl (C=O) groups is 2. The summed E-state index contributed by atoms with van der Waals surface area (Å²) in [6, 6.07) is 5.19. The van der Waals surface area contributed by atoms with Crippen LogP contribution in [-0.4, -0.2) is 60.7 Å². The number of carbonyl (C=O) groups excluding carboxylic acids is 2. The van der Waals surface area contributed by atoms with Crippen molar-refractivity contribution in [1.82, 2.24) is 9.88 Å². The van der Waals surface area contributed by atoms with Gasteiger partial charge in [-0.3, -0.25) is 9.59 Å². The molecule has 1 unspecified atom stereocenters. The molecule has 0 radical (unpaired) electrons. The highest BCUT2D eigenvalue weighted by molar-refractivity contribution is 6.01. The quantitative estimate of drug-likeness (QED) is 0.805. The minimum Gasteiger partial charge on any atom is -0.490 e. The summed E-state index contributed by atoms with van der Waals surface area (Å²) in [5.74, 6) is 0.385. The van der Waals surface area contributed by atoms with E-state index in [0.29, 0.717) is 50.0 Å². The molecule has 2 aliphatic heterocycles. The van der Waals surface area contributed by atoms with E-state index >= 15 is 0 Å². The van der Waals surface area contributed by atoms with Crippen molar-refractivity contribution in [2.45, 2.75) is 18.9 Å². The maximum Gasteiger partial charge on any atom is 0.252 e. The van der Waals surface area contributed by atoms with Crippen molar-refractivity contribution in [3.63, 3.8) is 0 Å². The lowest BCUT2D eigenvalue weighted by Crippen LogP contribution is -2.39. The van der Waals surface area contributed by atoms with Gasteiger partial charge >= 0.3 is 0 Å². The molecule has 3 heterocycles. The van der Waals surface area contributed by atoms with Gasteiger partial charge in [0, 0.05) is 24.5 Å². The number of hydrogen-bond acceptors (Lipinski definition) is 6. The van der Waals surface area contributed by atoms with E-state index in [0.717, 1.165) is 17.2 Å². The van der Waals surface area contributed by atoms with Crippen LogP contribution in [0.5, 0.6) is 11.6 Å². The molecule has 0 saturated carbocycles. The Morgan fingerprint density at radius 3 is 2.96 bits per heavy atom. The van der Waals surface area contributed by atoms with Gasteiger partial charge in [0.15, 0.2) is 0 Å². The Hall–Kier alpha value is -2.87. The van der Waals surface area contributed by atoms with E-state index in [2.05, 4.69) is 4.98 Å². The second-order valence-electron chi connectivity index (χ2n) is 6.60. The van der Waals surface area contributed by atoms with E-state index in [-0.39, 0.29) is 18.6 Å². The predicted molar refractivity (Wildman–Crippen MR) is 96.8 cm³/mol. The lowest BCUT2D eigenvalue weighted by molar-refractivity contribution is -0.130. The predicted octanol–water partition coefficient (Wildman–Crippen LogP) is 1.11. The molecule has 8 heteroatoms. The van der Waals surface area contributed by atoms with Crippen LogP contribution in [0.15, 0.2) is 24.4 Å². The summed E-state index contributed by atoms with van der Waals surface area (Å²) in [6.07, 6.45) is 2.90. The van der Waals surface area contributed by atoms with Crippen LogP contribution in [0.3, 0.4) is 0 Å². The maximum absolute atomic E-state index is 12.1. The average molecular weight is 371 g/mol. The second kappa shape index (κ2) is 7.40. The molecule has 2 aromatic rings. The Labute approximate surface area is 156 Å². The average Bonchev–Trinajstić information content (AvgIpc) is 3.01. The van der Waals surface area contributed by atoms with Crippen LogP contribution >= 0.6 is 0 Å². The minimum absolute atomic E-state index is 0.00158. The van der Waals surface area contributed by atoms with Crippen LogP contribution in [0.4, 0.5) is 0 Å².